The molecule has 0 saturated heterocycles. The Morgan fingerprint density at radius 2 is 2.22 bits per heavy atom. The molecule has 1 heterocycles. The molecule has 5 nitrogen and oxygen atoms in total. The van der Waals surface area contributed by atoms with Crippen LogP contribution in [0.5, 0.6) is 11.5 Å². The van der Waals surface area contributed by atoms with Crippen molar-refractivity contribution < 1.29 is 14.3 Å². The molecule has 0 fully saturated rings. The lowest BCUT2D eigenvalue weighted by molar-refractivity contribution is -0.121. The monoisotopic (exact) mass is 250 g/mol. The molecule has 1 aliphatic heterocycles. The summed E-state index contributed by atoms with van der Waals surface area (Å²) in [4.78, 5) is 11.4. The highest BCUT2D eigenvalue weighted by molar-refractivity contribution is 5.76. The molecule has 1 aromatic rings. The number of amides is 1. The van der Waals surface area contributed by atoms with E-state index in [2.05, 4.69) is 5.32 Å². The first kappa shape index (κ1) is 12.7. The van der Waals surface area contributed by atoms with Gasteiger partial charge in [0.1, 0.15) is 0 Å². The van der Waals surface area contributed by atoms with Crippen LogP contribution in [0.1, 0.15) is 18.9 Å². The van der Waals surface area contributed by atoms with E-state index in [1.54, 1.807) is 0 Å². The van der Waals surface area contributed by atoms with Crippen LogP contribution in [0, 0.1) is 0 Å². The number of fused-ring (bicyclic) bond motifs is 1. The number of hydrogen-bond acceptors (Lipinski definition) is 4. The van der Waals surface area contributed by atoms with E-state index in [1.165, 1.54) is 0 Å². The number of nitrogens with two attached hydrogens (primary N) is 1. The minimum Gasteiger partial charge on any atom is -0.454 e. The molecular formula is C13H18N2O3. The van der Waals surface area contributed by atoms with Crippen molar-refractivity contribution in [1.29, 1.82) is 0 Å². The highest BCUT2D eigenvalue weighted by atomic mass is 16.7. The number of hydrogen-bond donors (Lipinski definition) is 2. The normalized spacial score (nSPS) is 14.3. The summed E-state index contributed by atoms with van der Waals surface area (Å²) in [5, 5.41) is 2.84. The van der Waals surface area contributed by atoms with Gasteiger partial charge in [0.2, 0.25) is 12.7 Å². The van der Waals surface area contributed by atoms with Crippen LogP contribution in [-0.2, 0) is 11.2 Å². The van der Waals surface area contributed by atoms with Gasteiger partial charge in [-0.05, 0) is 31.0 Å². The summed E-state index contributed by atoms with van der Waals surface area (Å²) >= 11 is 0. The molecule has 0 radical (unpaired) electrons. The lowest BCUT2D eigenvalue weighted by Crippen LogP contribution is -2.31. The number of nitrogens with one attached hydrogen (secondary N) is 1. The van der Waals surface area contributed by atoms with E-state index < -0.39 is 0 Å². The summed E-state index contributed by atoms with van der Waals surface area (Å²) in [7, 11) is 0. The van der Waals surface area contributed by atoms with Crippen molar-refractivity contribution in [2.45, 2.75) is 25.8 Å². The van der Waals surface area contributed by atoms with E-state index in [0.29, 0.717) is 13.0 Å². The van der Waals surface area contributed by atoms with Crippen molar-refractivity contribution in [2.75, 3.05) is 13.3 Å². The van der Waals surface area contributed by atoms with E-state index in [0.717, 1.165) is 23.5 Å². The van der Waals surface area contributed by atoms with E-state index in [-0.39, 0.29) is 18.7 Å². The van der Waals surface area contributed by atoms with Crippen LogP contribution in [0.3, 0.4) is 0 Å². The molecule has 1 amide bonds. The first-order valence-corrected chi connectivity index (χ1v) is 6.06. The van der Waals surface area contributed by atoms with Crippen molar-refractivity contribution in [2.24, 2.45) is 5.73 Å². The second-order valence-corrected chi connectivity index (χ2v) is 4.47. The van der Waals surface area contributed by atoms with E-state index >= 15 is 0 Å². The maximum absolute atomic E-state index is 11.4. The van der Waals surface area contributed by atoms with Gasteiger partial charge in [-0.2, -0.15) is 0 Å². The zero-order valence-electron chi connectivity index (χ0n) is 10.4. The molecule has 0 aliphatic carbocycles. The van der Waals surface area contributed by atoms with Crippen molar-refractivity contribution in [3.05, 3.63) is 23.8 Å². The van der Waals surface area contributed by atoms with Gasteiger partial charge in [0.15, 0.2) is 11.5 Å². The van der Waals surface area contributed by atoms with Crippen LogP contribution in [0.2, 0.25) is 0 Å². The summed E-state index contributed by atoms with van der Waals surface area (Å²) in [5.41, 5.74) is 6.66. The Kier molecular flexibility index (Phi) is 4.04. The second-order valence-electron chi connectivity index (χ2n) is 4.47. The van der Waals surface area contributed by atoms with E-state index in [4.69, 9.17) is 15.2 Å². The maximum Gasteiger partial charge on any atom is 0.231 e. The third-order valence-corrected chi connectivity index (χ3v) is 2.68. The molecule has 1 aliphatic rings. The van der Waals surface area contributed by atoms with E-state index in [9.17, 15) is 4.79 Å². The average Bonchev–Trinajstić information content (AvgIpc) is 2.75. The van der Waals surface area contributed by atoms with Crippen molar-refractivity contribution in [3.8, 4) is 11.5 Å². The first-order chi connectivity index (χ1) is 8.65. The summed E-state index contributed by atoms with van der Waals surface area (Å²) in [5.74, 6) is 1.54. The van der Waals surface area contributed by atoms with Gasteiger partial charge in [-0.1, -0.05) is 6.07 Å². The third kappa shape index (κ3) is 3.37. The second kappa shape index (κ2) is 5.73. The molecule has 5 heteroatoms. The van der Waals surface area contributed by atoms with Gasteiger partial charge < -0.3 is 20.5 Å². The fourth-order valence-corrected chi connectivity index (χ4v) is 1.81. The van der Waals surface area contributed by atoms with Gasteiger partial charge in [0, 0.05) is 19.0 Å². The van der Waals surface area contributed by atoms with Gasteiger partial charge in [0.25, 0.3) is 0 Å². The Hall–Kier alpha value is -1.75. The first-order valence-electron chi connectivity index (χ1n) is 6.06. The summed E-state index contributed by atoms with van der Waals surface area (Å²) in [6, 6.07) is 5.71. The van der Waals surface area contributed by atoms with Gasteiger partial charge in [-0.25, -0.2) is 0 Å². The molecule has 1 atom stereocenters. The Bertz CT molecular complexity index is 432. The highest BCUT2D eigenvalue weighted by Gasteiger charge is 2.13. The molecule has 0 saturated carbocycles. The van der Waals surface area contributed by atoms with Gasteiger partial charge >= 0.3 is 0 Å². The van der Waals surface area contributed by atoms with Gasteiger partial charge in [-0.15, -0.1) is 0 Å². The number of carbonyl (C=O) groups excluding carboxylic acids is 1. The molecule has 98 valence electrons. The smallest absolute Gasteiger partial charge is 0.231 e. The predicted molar refractivity (Wildman–Crippen MR) is 67.5 cm³/mol. The quantitative estimate of drug-likeness (QED) is 0.811. The number of rotatable bonds is 5. The highest BCUT2D eigenvalue weighted by Crippen LogP contribution is 2.32. The van der Waals surface area contributed by atoms with Crippen LogP contribution < -0.4 is 20.5 Å². The van der Waals surface area contributed by atoms with Crippen LogP contribution in [0.4, 0.5) is 0 Å². The van der Waals surface area contributed by atoms with Crippen molar-refractivity contribution in [1.82, 2.24) is 5.32 Å². The molecular weight excluding hydrogens is 232 g/mol. The minimum absolute atomic E-state index is 0.00857. The largest absolute Gasteiger partial charge is 0.454 e. The molecule has 0 aromatic heterocycles. The number of carbonyl (C=O) groups is 1. The molecule has 0 bridgehead atoms. The average molecular weight is 250 g/mol. The van der Waals surface area contributed by atoms with E-state index in [1.807, 2.05) is 25.1 Å². The number of benzene rings is 1. The zero-order valence-corrected chi connectivity index (χ0v) is 10.4. The predicted octanol–water partition coefficient (Wildman–Crippen LogP) is 0.811. The van der Waals surface area contributed by atoms with Crippen LogP contribution in [0.25, 0.3) is 0 Å². The van der Waals surface area contributed by atoms with Crippen LogP contribution in [-0.4, -0.2) is 25.3 Å². The summed E-state index contributed by atoms with van der Waals surface area (Å²) < 4.78 is 10.5. The van der Waals surface area contributed by atoms with Crippen molar-refractivity contribution in [3.63, 3.8) is 0 Å². The van der Waals surface area contributed by atoms with Crippen LogP contribution >= 0.6 is 0 Å². The Morgan fingerprint density at radius 3 is 3.00 bits per heavy atom. The Morgan fingerprint density at radius 1 is 1.44 bits per heavy atom. The zero-order chi connectivity index (χ0) is 13.0. The molecule has 18 heavy (non-hydrogen) atoms. The summed E-state index contributed by atoms with van der Waals surface area (Å²) in [6.07, 6.45) is 1.13. The lowest BCUT2D eigenvalue weighted by atomic mass is 10.1. The van der Waals surface area contributed by atoms with Gasteiger partial charge in [-0.3, -0.25) is 4.79 Å². The number of ether oxygens (including phenoxy) is 2. The fraction of sp³-hybridized carbons (Fsp3) is 0.462. The molecule has 0 spiro atoms. The maximum atomic E-state index is 11.4. The molecule has 2 rings (SSSR count). The Balaban J connectivity index is 1.78. The summed E-state index contributed by atoms with van der Waals surface area (Å²) in [6.45, 7) is 2.70. The molecule has 1 unspecified atom stereocenters. The standard InChI is InChI=1S/C13H18N2O3/c1-9(14)6-13(16)15-5-4-10-2-3-11-12(7-10)18-8-17-11/h2-3,7,9H,4-6,8,14H2,1H3,(H,15,16). The van der Waals surface area contributed by atoms with Crippen LogP contribution in [0.15, 0.2) is 18.2 Å². The van der Waals surface area contributed by atoms with Gasteiger partial charge in [0.05, 0.1) is 0 Å². The fourth-order valence-electron chi connectivity index (χ4n) is 1.81. The third-order valence-electron chi connectivity index (χ3n) is 2.68. The topological polar surface area (TPSA) is 73.6 Å². The van der Waals surface area contributed by atoms with Crippen molar-refractivity contribution >= 4 is 5.91 Å². The minimum atomic E-state index is -0.101. The lowest BCUT2D eigenvalue weighted by Gasteiger charge is -2.07. The molecule has 3 N–H and O–H groups in total. The SMILES string of the molecule is CC(N)CC(=O)NCCc1ccc2c(c1)OCO2. The Labute approximate surface area is 106 Å². The molecule has 1 aromatic carbocycles.